The molecule has 1 N–H and O–H groups in total. The minimum absolute atomic E-state index is 0.338. The van der Waals surface area contributed by atoms with Crippen molar-refractivity contribution in [3.05, 3.63) is 48.2 Å². The first-order chi connectivity index (χ1) is 10.7. The van der Waals surface area contributed by atoms with Crippen LogP contribution in [0.25, 0.3) is 5.65 Å². The van der Waals surface area contributed by atoms with Gasteiger partial charge in [0.15, 0.2) is 17.1 Å². The van der Waals surface area contributed by atoms with E-state index in [1.165, 1.54) is 14.2 Å². The van der Waals surface area contributed by atoms with E-state index < -0.39 is 0 Å². The highest BCUT2D eigenvalue weighted by Gasteiger charge is 2.18. The van der Waals surface area contributed by atoms with Crippen LogP contribution in [0.3, 0.4) is 0 Å². The summed E-state index contributed by atoms with van der Waals surface area (Å²) >= 11 is 0. The molecule has 0 bridgehead atoms. The lowest BCUT2D eigenvalue weighted by Crippen LogP contribution is -2.15. The molecule has 0 aliphatic rings. The number of ether oxygens (including phenoxy) is 2. The van der Waals surface area contributed by atoms with E-state index in [4.69, 9.17) is 9.47 Å². The number of hydrogen-bond donors (Lipinski definition) is 1. The third kappa shape index (κ3) is 2.32. The second-order valence-corrected chi connectivity index (χ2v) is 4.45. The highest BCUT2D eigenvalue weighted by Crippen LogP contribution is 2.31. The molecule has 112 valence electrons. The van der Waals surface area contributed by atoms with Gasteiger partial charge >= 0.3 is 0 Å². The topological polar surface area (TPSA) is 77.8 Å². The van der Waals surface area contributed by atoms with Gasteiger partial charge in [-0.3, -0.25) is 14.5 Å². The Hall–Kier alpha value is -3.09. The number of nitrogens with one attached hydrogen (secondary N) is 1. The predicted octanol–water partition coefficient (Wildman–Crippen LogP) is 2.00. The Morgan fingerprint density at radius 1 is 1.09 bits per heavy atom. The molecule has 0 radical (unpaired) electrons. The Balaban J connectivity index is 1.95. The maximum absolute atomic E-state index is 12.5. The first-order valence-electron chi connectivity index (χ1n) is 6.56. The van der Waals surface area contributed by atoms with Crippen molar-refractivity contribution in [3.63, 3.8) is 0 Å². The fraction of sp³-hybridized carbons (Fsp3) is 0.133. The van der Waals surface area contributed by atoms with Gasteiger partial charge in [-0.05, 0) is 24.3 Å². The lowest BCUT2D eigenvalue weighted by Gasteiger charge is -2.11. The van der Waals surface area contributed by atoms with Crippen LogP contribution in [0.5, 0.6) is 11.5 Å². The average Bonchev–Trinajstić information content (AvgIpc) is 2.97. The number of fused-ring (bicyclic) bond motifs is 1. The molecule has 0 aliphatic heterocycles. The highest BCUT2D eigenvalue weighted by atomic mass is 16.5. The zero-order valence-corrected chi connectivity index (χ0v) is 12.1. The molecule has 0 saturated carbocycles. The highest BCUT2D eigenvalue weighted by molar-refractivity contribution is 6.06. The lowest BCUT2D eigenvalue weighted by atomic mass is 10.1. The molecule has 0 spiro atoms. The van der Waals surface area contributed by atoms with Crippen LogP contribution in [-0.2, 0) is 0 Å². The average molecular weight is 298 g/mol. The van der Waals surface area contributed by atoms with Gasteiger partial charge in [-0.1, -0.05) is 12.1 Å². The van der Waals surface area contributed by atoms with Gasteiger partial charge in [0.2, 0.25) is 5.95 Å². The molecule has 0 saturated heterocycles. The molecular weight excluding hydrogens is 284 g/mol. The van der Waals surface area contributed by atoms with Gasteiger partial charge in [-0.15, -0.1) is 10.2 Å². The molecule has 0 fully saturated rings. The van der Waals surface area contributed by atoms with Gasteiger partial charge < -0.3 is 9.47 Å². The SMILES string of the molecule is COc1cccc(C(=O)Nc2nnc3ccccn23)c1OC. The van der Waals surface area contributed by atoms with Gasteiger partial charge in [0, 0.05) is 6.20 Å². The number of hydrogen-bond acceptors (Lipinski definition) is 5. The Morgan fingerprint density at radius 3 is 2.73 bits per heavy atom. The summed E-state index contributed by atoms with van der Waals surface area (Å²) in [7, 11) is 3.01. The Morgan fingerprint density at radius 2 is 1.95 bits per heavy atom. The van der Waals surface area contributed by atoms with Crippen LogP contribution in [0.15, 0.2) is 42.6 Å². The molecule has 3 aromatic rings. The number of amides is 1. The summed E-state index contributed by atoms with van der Waals surface area (Å²) in [5.74, 6) is 0.844. The number of para-hydroxylation sites is 1. The molecule has 1 aromatic carbocycles. The number of rotatable bonds is 4. The van der Waals surface area contributed by atoms with Crippen LogP contribution in [0.4, 0.5) is 5.95 Å². The normalized spacial score (nSPS) is 10.5. The number of carbonyl (C=O) groups is 1. The summed E-state index contributed by atoms with van der Waals surface area (Å²) in [6.45, 7) is 0. The van der Waals surface area contributed by atoms with E-state index in [0.717, 1.165) is 0 Å². The Labute approximate surface area is 126 Å². The van der Waals surface area contributed by atoms with Gasteiger partial charge in [-0.2, -0.15) is 0 Å². The van der Waals surface area contributed by atoms with Gasteiger partial charge in [0.05, 0.1) is 19.8 Å². The fourth-order valence-corrected chi connectivity index (χ4v) is 2.16. The molecule has 7 nitrogen and oxygen atoms in total. The van der Waals surface area contributed by atoms with Crippen molar-refractivity contribution in [1.82, 2.24) is 14.6 Å². The first kappa shape index (κ1) is 13.9. The largest absolute Gasteiger partial charge is 0.493 e. The van der Waals surface area contributed by atoms with Crippen molar-refractivity contribution in [3.8, 4) is 11.5 Å². The van der Waals surface area contributed by atoms with Gasteiger partial charge in [-0.25, -0.2) is 0 Å². The van der Waals surface area contributed by atoms with E-state index in [0.29, 0.717) is 28.7 Å². The number of methoxy groups -OCH3 is 2. The number of anilines is 1. The molecule has 0 aliphatic carbocycles. The van der Waals surface area contributed by atoms with Crippen LogP contribution in [-0.4, -0.2) is 34.7 Å². The number of aromatic nitrogens is 3. The predicted molar refractivity (Wildman–Crippen MR) is 80.5 cm³/mol. The molecule has 2 heterocycles. The van der Waals surface area contributed by atoms with Crippen LogP contribution >= 0.6 is 0 Å². The maximum atomic E-state index is 12.5. The third-order valence-electron chi connectivity index (χ3n) is 3.19. The van der Waals surface area contributed by atoms with Crippen LogP contribution in [0, 0.1) is 0 Å². The Bertz CT molecular complexity index is 829. The van der Waals surface area contributed by atoms with Gasteiger partial charge in [0.1, 0.15) is 0 Å². The monoisotopic (exact) mass is 298 g/mol. The summed E-state index contributed by atoms with van der Waals surface area (Å²) < 4.78 is 12.1. The standard InChI is InChI=1S/C15H14N4O3/c1-21-11-7-5-6-10(13(11)22-2)14(20)16-15-18-17-12-8-3-4-9-19(12)15/h3-9H,1-2H3,(H,16,18,20). The summed E-state index contributed by atoms with van der Waals surface area (Å²) in [6, 6.07) is 10.6. The van der Waals surface area contributed by atoms with Crippen molar-refractivity contribution in [2.75, 3.05) is 19.5 Å². The summed E-state index contributed by atoms with van der Waals surface area (Å²) in [6.07, 6.45) is 1.77. The van der Waals surface area contributed by atoms with Crippen molar-refractivity contribution in [2.24, 2.45) is 0 Å². The second kappa shape index (κ2) is 5.72. The van der Waals surface area contributed by atoms with Crippen LogP contribution in [0.1, 0.15) is 10.4 Å². The smallest absolute Gasteiger partial charge is 0.261 e. The van der Waals surface area contributed by atoms with E-state index in [1.54, 1.807) is 34.9 Å². The minimum Gasteiger partial charge on any atom is -0.493 e. The molecule has 0 unspecified atom stereocenters. The molecule has 0 atom stereocenters. The van der Waals surface area contributed by atoms with Crippen molar-refractivity contribution in [1.29, 1.82) is 0 Å². The van der Waals surface area contributed by atoms with E-state index >= 15 is 0 Å². The second-order valence-electron chi connectivity index (χ2n) is 4.45. The molecule has 3 rings (SSSR count). The van der Waals surface area contributed by atoms with Crippen molar-refractivity contribution < 1.29 is 14.3 Å². The lowest BCUT2D eigenvalue weighted by molar-refractivity contribution is 0.102. The third-order valence-corrected chi connectivity index (χ3v) is 3.19. The number of carbonyl (C=O) groups excluding carboxylic acids is 1. The first-order valence-corrected chi connectivity index (χ1v) is 6.56. The van der Waals surface area contributed by atoms with Crippen molar-refractivity contribution in [2.45, 2.75) is 0 Å². The number of benzene rings is 1. The quantitative estimate of drug-likeness (QED) is 0.797. The van der Waals surface area contributed by atoms with Crippen LogP contribution in [0.2, 0.25) is 0 Å². The molecule has 22 heavy (non-hydrogen) atoms. The zero-order chi connectivity index (χ0) is 15.5. The summed E-state index contributed by atoms with van der Waals surface area (Å²) in [5.41, 5.74) is 1.00. The maximum Gasteiger partial charge on any atom is 0.261 e. The molecule has 2 aromatic heterocycles. The van der Waals surface area contributed by atoms with Crippen LogP contribution < -0.4 is 14.8 Å². The molecule has 1 amide bonds. The van der Waals surface area contributed by atoms with E-state index in [2.05, 4.69) is 15.5 Å². The molecular formula is C15H14N4O3. The van der Waals surface area contributed by atoms with E-state index in [-0.39, 0.29) is 5.91 Å². The number of pyridine rings is 1. The summed E-state index contributed by atoms with van der Waals surface area (Å²) in [4.78, 5) is 12.5. The number of nitrogens with zero attached hydrogens (tertiary/aromatic N) is 3. The van der Waals surface area contributed by atoms with Crippen molar-refractivity contribution >= 4 is 17.5 Å². The minimum atomic E-state index is -0.353. The zero-order valence-electron chi connectivity index (χ0n) is 12.1. The summed E-state index contributed by atoms with van der Waals surface area (Å²) in [5, 5.41) is 10.7. The van der Waals surface area contributed by atoms with E-state index in [1.807, 2.05) is 12.1 Å². The van der Waals surface area contributed by atoms with E-state index in [9.17, 15) is 4.79 Å². The van der Waals surface area contributed by atoms with Gasteiger partial charge in [0.25, 0.3) is 5.91 Å². The fourth-order valence-electron chi connectivity index (χ4n) is 2.16. The Kier molecular flexibility index (Phi) is 3.61. The molecule has 7 heteroatoms.